The Labute approximate surface area is 222 Å². The molecule has 3 heterocycles. The van der Waals surface area contributed by atoms with E-state index in [0.29, 0.717) is 67.0 Å². The number of amides is 2. The van der Waals surface area contributed by atoms with Crippen molar-refractivity contribution in [3.63, 3.8) is 0 Å². The highest BCUT2D eigenvalue weighted by Gasteiger charge is 2.47. The number of morpholine rings is 1. The first-order valence-corrected chi connectivity index (χ1v) is 14.7. The van der Waals surface area contributed by atoms with Crippen molar-refractivity contribution in [1.82, 2.24) is 20.2 Å². The molecule has 202 valence electrons. The summed E-state index contributed by atoms with van der Waals surface area (Å²) in [5, 5.41) is 12.3. The summed E-state index contributed by atoms with van der Waals surface area (Å²) in [5.41, 5.74) is 3.16. The van der Waals surface area contributed by atoms with Gasteiger partial charge in [-0.25, -0.2) is 23.2 Å². The molecule has 1 aliphatic carbocycles. The maximum absolute atomic E-state index is 13.1. The van der Waals surface area contributed by atoms with Crippen LogP contribution in [0.5, 0.6) is 0 Å². The fourth-order valence-electron chi connectivity index (χ4n) is 5.25. The van der Waals surface area contributed by atoms with Crippen LogP contribution in [0.3, 0.4) is 0 Å². The minimum absolute atomic E-state index is 0.0982. The maximum Gasteiger partial charge on any atom is 0.323 e. The lowest BCUT2D eigenvalue weighted by Gasteiger charge is -2.35. The lowest BCUT2D eigenvalue weighted by Crippen LogP contribution is -2.44. The number of nitrogens with one attached hydrogen (secondary N) is 3. The average Bonchev–Trinajstić information content (AvgIpc) is 3.55. The minimum Gasteiger partial charge on any atom is -0.377 e. The topological polar surface area (TPSA) is 142 Å². The molecule has 5 rings (SSSR count). The van der Waals surface area contributed by atoms with E-state index in [0.717, 1.165) is 18.4 Å². The van der Waals surface area contributed by atoms with Gasteiger partial charge in [-0.15, -0.1) is 0 Å². The van der Waals surface area contributed by atoms with Gasteiger partial charge in [0.1, 0.15) is 10.6 Å². The number of aryl methyl sites for hydroxylation is 1. The van der Waals surface area contributed by atoms with Crippen LogP contribution in [0.4, 0.5) is 22.0 Å². The van der Waals surface area contributed by atoms with Crippen LogP contribution < -0.4 is 15.5 Å². The van der Waals surface area contributed by atoms with Crippen LogP contribution in [0.15, 0.2) is 36.5 Å². The van der Waals surface area contributed by atoms with E-state index in [2.05, 4.69) is 32.7 Å². The van der Waals surface area contributed by atoms with E-state index in [-0.39, 0.29) is 12.1 Å². The first-order chi connectivity index (χ1) is 18.2. The molecular formula is C26H33N7O4S. The second-order valence-electron chi connectivity index (χ2n) is 10.1. The van der Waals surface area contributed by atoms with Gasteiger partial charge in [0.05, 0.1) is 36.3 Å². The fraction of sp³-hybridized carbons (Fsp3) is 0.462. The number of anilines is 3. The molecule has 0 spiro atoms. The Morgan fingerprint density at radius 3 is 2.53 bits per heavy atom. The Balaban J connectivity index is 1.47. The van der Waals surface area contributed by atoms with E-state index in [1.165, 1.54) is 6.26 Å². The fourth-order valence-corrected chi connectivity index (χ4v) is 6.76. The van der Waals surface area contributed by atoms with E-state index in [9.17, 15) is 13.2 Å². The molecule has 0 bridgehead atoms. The predicted molar refractivity (Wildman–Crippen MR) is 146 cm³/mol. The first kappa shape index (κ1) is 26.1. The maximum atomic E-state index is 13.1. The molecule has 12 heteroatoms. The lowest BCUT2D eigenvalue weighted by atomic mass is 10.0. The molecule has 3 aromatic rings. The van der Waals surface area contributed by atoms with Crippen molar-refractivity contribution in [2.45, 2.75) is 50.3 Å². The zero-order valence-corrected chi connectivity index (χ0v) is 22.6. The molecule has 0 radical (unpaired) electrons. The summed E-state index contributed by atoms with van der Waals surface area (Å²) < 4.78 is 30.8. The molecular weight excluding hydrogens is 506 g/mol. The van der Waals surface area contributed by atoms with Crippen LogP contribution in [-0.2, 0) is 19.3 Å². The Morgan fingerprint density at radius 2 is 1.89 bits per heavy atom. The molecule has 1 saturated heterocycles. The zero-order valence-electron chi connectivity index (χ0n) is 21.8. The number of rotatable bonds is 6. The lowest BCUT2D eigenvalue weighted by molar-refractivity contribution is 0.0985. The smallest absolute Gasteiger partial charge is 0.323 e. The average molecular weight is 540 g/mol. The highest BCUT2D eigenvalue weighted by Crippen LogP contribution is 2.45. The van der Waals surface area contributed by atoms with Gasteiger partial charge in [-0.05, 0) is 51.0 Å². The Morgan fingerprint density at radius 1 is 1.16 bits per heavy atom. The highest BCUT2D eigenvalue weighted by molar-refractivity contribution is 7.91. The van der Waals surface area contributed by atoms with Crippen LogP contribution in [0.1, 0.15) is 44.0 Å². The van der Waals surface area contributed by atoms with E-state index >= 15 is 0 Å². The third-order valence-electron chi connectivity index (χ3n) is 7.44. The summed E-state index contributed by atoms with van der Waals surface area (Å²) in [4.78, 5) is 24.3. The molecule has 11 nitrogen and oxygen atoms in total. The van der Waals surface area contributed by atoms with Gasteiger partial charge in [0.15, 0.2) is 15.7 Å². The van der Waals surface area contributed by atoms with Gasteiger partial charge >= 0.3 is 6.03 Å². The molecule has 2 amide bonds. The Bertz CT molecular complexity index is 1420. The van der Waals surface area contributed by atoms with E-state index in [1.54, 1.807) is 25.3 Å². The minimum atomic E-state index is -3.42. The van der Waals surface area contributed by atoms with Gasteiger partial charge in [-0.1, -0.05) is 12.8 Å². The van der Waals surface area contributed by atoms with Crippen molar-refractivity contribution in [1.29, 1.82) is 0 Å². The van der Waals surface area contributed by atoms with Gasteiger partial charge < -0.3 is 20.3 Å². The predicted octanol–water partition coefficient (Wildman–Crippen LogP) is 3.86. The number of aromatic amines is 1. The van der Waals surface area contributed by atoms with Gasteiger partial charge in [0, 0.05) is 36.3 Å². The molecule has 1 atom stereocenters. The molecule has 3 N–H and O–H groups in total. The zero-order chi connectivity index (χ0) is 26.9. The number of nitrogens with zero attached hydrogens (tertiary/aromatic N) is 4. The SMILES string of the molecule is Cc1n[nH]cc1NC(=O)Nc1ccc(-c2nc(N3CCOC[C@@H]3C)cc(C3(S(C)(=O)=O)CCCC3)n2)cc1. The van der Waals surface area contributed by atoms with Crippen molar-refractivity contribution in [3.8, 4) is 11.4 Å². The van der Waals surface area contributed by atoms with Crippen LogP contribution in [0, 0.1) is 6.92 Å². The standard InChI is InChI=1S/C26H33N7O4S/c1-17-16-37-13-12-33(17)23-14-22(26(38(3,35)36)10-4-5-11-26)30-24(31-23)19-6-8-20(9-7-19)28-25(34)29-21-15-27-32-18(21)2/h6-9,14-15,17H,4-5,10-13,16H2,1-3H3,(H,27,32)(H2,28,29,34)/t17-/m0/s1. The van der Waals surface area contributed by atoms with E-state index in [1.807, 2.05) is 18.2 Å². The molecule has 2 aliphatic rings. The Kier molecular flexibility index (Phi) is 7.10. The number of carbonyl (C=O) groups excluding carboxylic acids is 1. The second kappa shape index (κ2) is 10.3. The highest BCUT2D eigenvalue weighted by atomic mass is 32.2. The largest absolute Gasteiger partial charge is 0.377 e. The van der Waals surface area contributed by atoms with E-state index < -0.39 is 14.6 Å². The molecule has 1 aliphatic heterocycles. The number of sulfone groups is 1. The number of ether oxygens (including phenoxy) is 1. The van der Waals surface area contributed by atoms with Crippen LogP contribution in [0.2, 0.25) is 0 Å². The second-order valence-corrected chi connectivity index (χ2v) is 12.4. The van der Waals surface area contributed by atoms with Crippen molar-refractivity contribution in [2.24, 2.45) is 0 Å². The summed E-state index contributed by atoms with van der Waals surface area (Å²) >= 11 is 0. The molecule has 1 saturated carbocycles. The summed E-state index contributed by atoms with van der Waals surface area (Å²) in [6, 6.07) is 8.76. The Hall–Kier alpha value is -3.51. The molecule has 0 unspecified atom stereocenters. The van der Waals surface area contributed by atoms with Crippen molar-refractivity contribution < 1.29 is 17.9 Å². The van der Waals surface area contributed by atoms with E-state index in [4.69, 9.17) is 14.7 Å². The van der Waals surface area contributed by atoms with Gasteiger partial charge in [0.25, 0.3) is 0 Å². The van der Waals surface area contributed by atoms with Gasteiger partial charge in [-0.2, -0.15) is 5.10 Å². The molecule has 1 aromatic carbocycles. The number of aromatic nitrogens is 4. The number of hydrogen-bond donors (Lipinski definition) is 3. The number of H-pyrrole nitrogens is 1. The van der Waals surface area contributed by atoms with Crippen molar-refractivity contribution >= 4 is 33.1 Å². The molecule has 2 fully saturated rings. The van der Waals surface area contributed by atoms with Crippen LogP contribution >= 0.6 is 0 Å². The summed E-state index contributed by atoms with van der Waals surface area (Å²) in [6.45, 7) is 5.68. The quantitative estimate of drug-likeness (QED) is 0.429. The van der Waals surface area contributed by atoms with Crippen molar-refractivity contribution in [2.75, 3.05) is 41.5 Å². The number of urea groups is 1. The first-order valence-electron chi connectivity index (χ1n) is 12.8. The van der Waals surface area contributed by atoms with Crippen LogP contribution in [0.25, 0.3) is 11.4 Å². The van der Waals surface area contributed by atoms with Gasteiger partial charge in [-0.3, -0.25) is 5.10 Å². The monoisotopic (exact) mass is 539 g/mol. The summed E-state index contributed by atoms with van der Waals surface area (Å²) in [5.74, 6) is 1.16. The summed E-state index contributed by atoms with van der Waals surface area (Å²) in [7, 11) is -3.42. The number of benzene rings is 1. The number of hydrogen-bond acceptors (Lipinski definition) is 8. The normalized spacial score (nSPS) is 19.3. The molecule has 2 aromatic heterocycles. The summed E-state index contributed by atoms with van der Waals surface area (Å²) in [6.07, 6.45) is 5.71. The van der Waals surface area contributed by atoms with Crippen LogP contribution in [-0.4, -0.2) is 66.7 Å². The molecule has 38 heavy (non-hydrogen) atoms. The van der Waals surface area contributed by atoms with Crippen molar-refractivity contribution in [3.05, 3.63) is 47.9 Å². The number of carbonyl (C=O) groups is 1. The third kappa shape index (κ3) is 5.10. The van der Waals surface area contributed by atoms with Gasteiger partial charge in [0.2, 0.25) is 0 Å². The third-order valence-corrected chi connectivity index (χ3v) is 9.48.